The SMILES string of the molecule is CC(C)(CCSCCSCCC(C)(C)C(=O)OCc1ccccc1)C(=O)OCc1ccccc1. The van der Waals surface area contributed by atoms with Crippen LogP contribution in [0.2, 0.25) is 0 Å². The summed E-state index contributed by atoms with van der Waals surface area (Å²) in [6.07, 6.45) is 1.58. The number of hydrogen-bond acceptors (Lipinski definition) is 6. The Bertz CT molecular complexity index is 793. The van der Waals surface area contributed by atoms with E-state index < -0.39 is 10.8 Å². The van der Waals surface area contributed by atoms with Crippen molar-refractivity contribution in [1.82, 2.24) is 0 Å². The molecule has 0 N–H and O–H groups in total. The number of benzene rings is 2. The van der Waals surface area contributed by atoms with Crippen molar-refractivity contribution in [3.8, 4) is 0 Å². The lowest BCUT2D eigenvalue weighted by molar-refractivity contribution is -0.156. The van der Waals surface area contributed by atoms with Gasteiger partial charge in [0.05, 0.1) is 10.8 Å². The molecule has 0 aliphatic rings. The third-order valence-corrected chi connectivity index (χ3v) is 7.88. The number of rotatable bonds is 15. The molecule has 0 heterocycles. The number of hydrogen-bond donors (Lipinski definition) is 0. The van der Waals surface area contributed by atoms with Crippen LogP contribution in [-0.4, -0.2) is 35.0 Å². The molecule has 4 nitrogen and oxygen atoms in total. The highest BCUT2D eigenvalue weighted by molar-refractivity contribution is 8.02. The van der Waals surface area contributed by atoms with Crippen LogP contribution in [0.4, 0.5) is 0 Å². The summed E-state index contributed by atoms with van der Waals surface area (Å²) in [5.74, 6) is 3.61. The molecular formula is C28H38O4S2. The molecule has 0 aliphatic carbocycles. The Kier molecular flexibility index (Phi) is 12.1. The number of thioether (sulfide) groups is 2. The molecule has 0 radical (unpaired) electrons. The molecule has 0 spiro atoms. The lowest BCUT2D eigenvalue weighted by Crippen LogP contribution is -2.27. The Balaban J connectivity index is 1.53. The van der Waals surface area contributed by atoms with Crippen LogP contribution in [0, 0.1) is 10.8 Å². The summed E-state index contributed by atoms with van der Waals surface area (Å²) in [5, 5.41) is 0. The van der Waals surface area contributed by atoms with E-state index in [4.69, 9.17) is 9.47 Å². The molecule has 34 heavy (non-hydrogen) atoms. The number of esters is 2. The first-order valence-electron chi connectivity index (χ1n) is 11.8. The zero-order valence-corrected chi connectivity index (χ0v) is 22.5. The van der Waals surface area contributed by atoms with Gasteiger partial charge in [-0.2, -0.15) is 23.5 Å². The van der Waals surface area contributed by atoms with Crippen LogP contribution < -0.4 is 0 Å². The number of carbonyl (C=O) groups excluding carboxylic acids is 2. The van der Waals surface area contributed by atoms with Gasteiger partial charge in [-0.25, -0.2) is 0 Å². The molecule has 0 bridgehead atoms. The van der Waals surface area contributed by atoms with E-state index in [-0.39, 0.29) is 11.9 Å². The van der Waals surface area contributed by atoms with Gasteiger partial charge < -0.3 is 9.47 Å². The van der Waals surface area contributed by atoms with E-state index in [1.807, 2.05) is 112 Å². The molecule has 0 saturated heterocycles. The lowest BCUT2D eigenvalue weighted by Gasteiger charge is -2.23. The standard InChI is InChI=1S/C28H38O4S2/c1-27(2,25(29)31-21-23-11-7-5-8-12-23)15-17-33-19-20-34-18-16-28(3,4)26(30)32-22-24-13-9-6-10-14-24/h5-14H,15-22H2,1-4H3. The first-order chi connectivity index (χ1) is 16.2. The van der Waals surface area contributed by atoms with Crippen LogP contribution in [0.25, 0.3) is 0 Å². The fraction of sp³-hybridized carbons (Fsp3) is 0.500. The van der Waals surface area contributed by atoms with Gasteiger partial charge in [-0.3, -0.25) is 9.59 Å². The summed E-state index contributed by atoms with van der Waals surface area (Å²) in [6, 6.07) is 19.5. The lowest BCUT2D eigenvalue weighted by atomic mass is 9.90. The van der Waals surface area contributed by atoms with Crippen molar-refractivity contribution in [2.24, 2.45) is 10.8 Å². The van der Waals surface area contributed by atoms with Crippen LogP contribution in [0.3, 0.4) is 0 Å². The normalized spacial score (nSPS) is 11.8. The predicted molar refractivity (Wildman–Crippen MR) is 144 cm³/mol. The highest BCUT2D eigenvalue weighted by atomic mass is 32.2. The number of ether oxygens (including phenoxy) is 2. The van der Waals surface area contributed by atoms with E-state index in [0.29, 0.717) is 13.2 Å². The van der Waals surface area contributed by atoms with Gasteiger partial charge in [0.1, 0.15) is 13.2 Å². The van der Waals surface area contributed by atoms with Crippen LogP contribution >= 0.6 is 23.5 Å². The van der Waals surface area contributed by atoms with E-state index in [0.717, 1.165) is 47.0 Å². The Morgan fingerprint density at radius 2 is 0.971 bits per heavy atom. The van der Waals surface area contributed by atoms with Crippen LogP contribution in [0.5, 0.6) is 0 Å². The molecule has 0 fully saturated rings. The molecule has 0 unspecified atom stereocenters. The van der Waals surface area contributed by atoms with Gasteiger partial charge in [0, 0.05) is 11.5 Å². The van der Waals surface area contributed by atoms with E-state index in [1.165, 1.54) is 0 Å². The summed E-state index contributed by atoms with van der Waals surface area (Å²) < 4.78 is 11.0. The summed E-state index contributed by atoms with van der Waals surface area (Å²) >= 11 is 3.72. The first-order valence-corrected chi connectivity index (χ1v) is 14.1. The maximum absolute atomic E-state index is 12.4. The monoisotopic (exact) mass is 502 g/mol. The first kappa shape index (κ1) is 28.3. The van der Waals surface area contributed by atoms with E-state index in [1.54, 1.807) is 0 Å². The predicted octanol–water partition coefficient (Wildman–Crippen LogP) is 6.77. The highest BCUT2D eigenvalue weighted by Crippen LogP contribution is 2.27. The summed E-state index contributed by atoms with van der Waals surface area (Å²) in [4.78, 5) is 24.9. The maximum atomic E-state index is 12.4. The maximum Gasteiger partial charge on any atom is 0.311 e. The third kappa shape index (κ3) is 10.6. The molecule has 0 saturated carbocycles. The average Bonchev–Trinajstić information content (AvgIpc) is 2.83. The molecule has 0 amide bonds. The summed E-state index contributed by atoms with van der Waals surface area (Å²) in [7, 11) is 0. The molecular weight excluding hydrogens is 464 g/mol. The van der Waals surface area contributed by atoms with Gasteiger partial charge in [-0.1, -0.05) is 60.7 Å². The van der Waals surface area contributed by atoms with Gasteiger partial charge in [0.2, 0.25) is 0 Å². The molecule has 2 aromatic carbocycles. The van der Waals surface area contributed by atoms with Crippen LogP contribution in [-0.2, 0) is 32.3 Å². The van der Waals surface area contributed by atoms with E-state index in [9.17, 15) is 9.59 Å². The van der Waals surface area contributed by atoms with Crippen LogP contribution in [0.15, 0.2) is 60.7 Å². The van der Waals surface area contributed by atoms with Crippen molar-refractivity contribution in [3.05, 3.63) is 71.8 Å². The smallest absolute Gasteiger partial charge is 0.311 e. The van der Waals surface area contributed by atoms with E-state index in [2.05, 4.69) is 0 Å². The highest BCUT2D eigenvalue weighted by Gasteiger charge is 2.30. The number of carbonyl (C=O) groups is 2. The van der Waals surface area contributed by atoms with Gasteiger partial charge in [0.15, 0.2) is 0 Å². The second-order valence-corrected chi connectivity index (χ2v) is 12.1. The average molecular weight is 503 g/mol. The molecule has 0 aliphatic heterocycles. The van der Waals surface area contributed by atoms with Crippen molar-refractivity contribution in [2.75, 3.05) is 23.0 Å². The van der Waals surface area contributed by atoms with Gasteiger partial charge in [-0.15, -0.1) is 0 Å². The Morgan fingerprint density at radius 1 is 0.618 bits per heavy atom. The molecule has 0 aromatic heterocycles. The fourth-order valence-corrected chi connectivity index (χ4v) is 5.68. The second-order valence-electron chi connectivity index (χ2n) is 9.62. The minimum absolute atomic E-state index is 0.146. The van der Waals surface area contributed by atoms with Gasteiger partial charge in [0.25, 0.3) is 0 Å². The Morgan fingerprint density at radius 3 is 1.32 bits per heavy atom. The van der Waals surface area contributed by atoms with Crippen molar-refractivity contribution < 1.29 is 19.1 Å². The Labute approximate surface area is 213 Å². The zero-order chi connectivity index (χ0) is 24.9. The second kappa shape index (κ2) is 14.5. The summed E-state index contributed by atoms with van der Waals surface area (Å²) in [6.45, 7) is 8.46. The van der Waals surface area contributed by atoms with Crippen molar-refractivity contribution >= 4 is 35.5 Å². The van der Waals surface area contributed by atoms with Gasteiger partial charge in [-0.05, 0) is 63.2 Å². The zero-order valence-electron chi connectivity index (χ0n) is 20.9. The molecule has 186 valence electrons. The third-order valence-electron chi connectivity index (χ3n) is 5.65. The summed E-state index contributed by atoms with van der Waals surface area (Å²) in [5.41, 5.74) is 1.04. The van der Waals surface area contributed by atoms with Gasteiger partial charge >= 0.3 is 11.9 Å². The minimum atomic E-state index is -0.487. The van der Waals surface area contributed by atoms with E-state index >= 15 is 0 Å². The molecule has 0 atom stereocenters. The Hall–Kier alpha value is -1.92. The molecule has 2 rings (SSSR count). The van der Waals surface area contributed by atoms with Crippen molar-refractivity contribution in [1.29, 1.82) is 0 Å². The van der Waals surface area contributed by atoms with Crippen molar-refractivity contribution in [3.63, 3.8) is 0 Å². The molecule has 6 heteroatoms. The minimum Gasteiger partial charge on any atom is -0.460 e. The van der Waals surface area contributed by atoms with Crippen molar-refractivity contribution in [2.45, 2.75) is 53.8 Å². The fourth-order valence-electron chi connectivity index (χ4n) is 3.02. The van der Waals surface area contributed by atoms with Crippen LogP contribution in [0.1, 0.15) is 51.7 Å². The topological polar surface area (TPSA) is 52.6 Å². The largest absolute Gasteiger partial charge is 0.460 e. The quantitative estimate of drug-likeness (QED) is 0.198. The molecule has 2 aromatic rings.